The van der Waals surface area contributed by atoms with Crippen molar-refractivity contribution in [1.29, 1.82) is 0 Å². The van der Waals surface area contributed by atoms with E-state index in [9.17, 15) is 4.79 Å². The fourth-order valence-corrected chi connectivity index (χ4v) is 2.36. The minimum atomic E-state index is -0.169. The number of hydrogen-bond donors (Lipinski definition) is 1. The zero-order valence-corrected chi connectivity index (χ0v) is 12.9. The van der Waals surface area contributed by atoms with Crippen LogP contribution in [0.4, 0.5) is 0 Å². The summed E-state index contributed by atoms with van der Waals surface area (Å²) in [6.07, 6.45) is 1.89. The van der Waals surface area contributed by atoms with Crippen LogP contribution < -0.4 is 5.32 Å². The van der Waals surface area contributed by atoms with Crippen molar-refractivity contribution in [2.24, 2.45) is 7.05 Å². The van der Waals surface area contributed by atoms with Crippen molar-refractivity contribution in [2.75, 3.05) is 0 Å². The van der Waals surface area contributed by atoms with Crippen LogP contribution in [-0.4, -0.2) is 15.7 Å². The molecule has 4 nitrogen and oxygen atoms in total. The molecule has 0 bridgehead atoms. The van der Waals surface area contributed by atoms with Gasteiger partial charge in [0.05, 0.1) is 11.3 Å². The number of aryl methyl sites for hydroxylation is 2. The molecule has 0 atom stereocenters. The molecule has 2 rings (SSSR count). The molecule has 6 heteroatoms. The van der Waals surface area contributed by atoms with Gasteiger partial charge in [-0.05, 0) is 41.1 Å². The molecule has 0 aliphatic carbocycles. The van der Waals surface area contributed by atoms with Crippen LogP contribution in [0, 0.1) is 6.92 Å². The lowest BCUT2D eigenvalue weighted by molar-refractivity contribution is 0.0950. The minimum absolute atomic E-state index is 0.169. The minimum Gasteiger partial charge on any atom is -0.348 e. The number of hydrogen-bond acceptors (Lipinski definition) is 2. The molecule has 0 aliphatic rings. The number of benzene rings is 1. The van der Waals surface area contributed by atoms with Gasteiger partial charge in [0, 0.05) is 34.8 Å². The SMILES string of the molecule is Cc1nn(C)cc1CNC(=O)c1cc(Cl)ccc1Br. The molecular formula is C13H13BrClN3O. The second-order valence-corrected chi connectivity index (χ2v) is 5.51. The predicted octanol–water partition coefficient (Wildman–Crippen LogP) is 3.07. The highest BCUT2D eigenvalue weighted by Gasteiger charge is 2.11. The Bertz CT molecular complexity index is 624. The van der Waals surface area contributed by atoms with Gasteiger partial charge < -0.3 is 5.32 Å². The van der Waals surface area contributed by atoms with Gasteiger partial charge >= 0.3 is 0 Å². The molecule has 1 aromatic carbocycles. The molecule has 100 valence electrons. The van der Waals surface area contributed by atoms with E-state index in [1.165, 1.54) is 0 Å². The zero-order chi connectivity index (χ0) is 14.0. The Labute approximate surface area is 124 Å². The molecule has 0 saturated heterocycles. The molecule has 2 aromatic rings. The predicted molar refractivity (Wildman–Crippen MR) is 78.3 cm³/mol. The van der Waals surface area contributed by atoms with Gasteiger partial charge in [-0.2, -0.15) is 5.10 Å². The molecule has 19 heavy (non-hydrogen) atoms. The van der Waals surface area contributed by atoms with E-state index in [4.69, 9.17) is 11.6 Å². The highest BCUT2D eigenvalue weighted by Crippen LogP contribution is 2.21. The molecule has 0 unspecified atom stereocenters. The summed E-state index contributed by atoms with van der Waals surface area (Å²) in [5.41, 5.74) is 2.43. The fraction of sp³-hybridized carbons (Fsp3) is 0.231. The zero-order valence-electron chi connectivity index (χ0n) is 10.6. The molecule has 1 N–H and O–H groups in total. The van der Waals surface area contributed by atoms with Crippen molar-refractivity contribution in [2.45, 2.75) is 13.5 Å². The molecule has 1 amide bonds. The average Bonchev–Trinajstić information content (AvgIpc) is 2.68. The Hall–Kier alpha value is -1.33. The Morgan fingerprint density at radius 2 is 2.26 bits per heavy atom. The van der Waals surface area contributed by atoms with E-state index < -0.39 is 0 Å². The van der Waals surface area contributed by atoms with E-state index >= 15 is 0 Å². The molecule has 0 spiro atoms. The van der Waals surface area contributed by atoms with E-state index in [0.29, 0.717) is 17.1 Å². The van der Waals surface area contributed by atoms with Gasteiger partial charge in [-0.1, -0.05) is 11.6 Å². The summed E-state index contributed by atoms with van der Waals surface area (Å²) in [5.74, 6) is -0.169. The first-order valence-electron chi connectivity index (χ1n) is 5.69. The molecular weight excluding hydrogens is 330 g/mol. The van der Waals surface area contributed by atoms with E-state index in [2.05, 4.69) is 26.3 Å². The maximum absolute atomic E-state index is 12.1. The summed E-state index contributed by atoms with van der Waals surface area (Å²) in [6, 6.07) is 5.12. The second-order valence-electron chi connectivity index (χ2n) is 4.22. The number of carbonyl (C=O) groups is 1. The maximum Gasteiger partial charge on any atom is 0.252 e. The van der Waals surface area contributed by atoms with Crippen molar-refractivity contribution in [3.8, 4) is 0 Å². The topological polar surface area (TPSA) is 46.9 Å². The van der Waals surface area contributed by atoms with Crippen LogP contribution in [0.25, 0.3) is 0 Å². The molecule has 1 aromatic heterocycles. The van der Waals surface area contributed by atoms with Gasteiger partial charge in [0.15, 0.2) is 0 Å². The van der Waals surface area contributed by atoms with Crippen molar-refractivity contribution < 1.29 is 4.79 Å². The summed E-state index contributed by atoms with van der Waals surface area (Å²) in [4.78, 5) is 12.1. The quantitative estimate of drug-likeness (QED) is 0.932. The van der Waals surface area contributed by atoms with Crippen LogP contribution in [0.3, 0.4) is 0 Å². The summed E-state index contributed by atoms with van der Waals surface area (Å²) in [6.45, 7) is 2.36. The number of nitrogens with zero attached hydrogens (tertiary/aromatic N) is 2. The van der Waals surface area contributed by atoms with Crippen LogP contribution in [0.1, 0.15) is 21.6 Å². The van der Waals surface area contributed by atoms with Crippen LogP contribution in [0.2, 0.25) is 5.02 Å². The monoisotopic (exact) mass is 341 g/mol. The lowest BCUT2D eigenvalue weighted by Crippen LogP contribution is -2.23. The molecule has 1 heterocycles. The maximum atomic E-state index is 12.1. The van der Waals surface area contributed by atoms with Crippen LogP contribution in [0.5, 0.6) is 0 Å². The van der Waals surface area contributed by atoms with Gasteiger partial charge in [-0.25, -0.2) is 0 Å². The summed E-state index contributed by atoms with van der Waals surface area (Å²) < 4.78 is 2.45. The highest BCUT2D eigenvalue weighted by atomic mass is 79.9. The molecule has 0 aliphatic heterocycles. The van der Waals surface area contributed by atoms with E-state index in [1.54, 1.807) is 22.9 Å². The molecule has 0 saturated carbocycles. The van der Waals surface area contributed by atoms with E-state index in [0.717, 1.165) is 15.7 Å². The van der Waals surface area contributed by atoms with E-state index in [1.807, 2.05) is 20.2 Å². The normalized spacial score (nSPS) is 10.5. The summed E-state index contributed by atoms with van der Waals surface area (Å²) >= 11 is 9.23. The van der Waals surface area contributed by atoms with Crippen LogP contribution in [0.15, 0.2) is 28.9 Å². The Balaban J connectivity index is 2.09. The third-order valence-electron chi connectivity index (χ3n) is 2.73. The number of aromatic nitrogens is 2. The third kappa shape index (κ3) is 3.36. The van der Waals surface area contributed by atoms with Crippen molar-refractivity contribution in [3.05, 3.63) is 50.7 Å². The largest absolute Gasteiger partial charge is 0.348 e. The van der Waals surface area contributed by atoms with Crippen LogP contribution in [-0.2, 0) is 13.6 Å². The lowest BCUT2D eigenvalue weighted by atomic mass is 10.2. The van der Waals surface area contributed by atoms with Gasteiger partial charge in [0.1, 0.15) is 0 Å². The van der Waals surface area contributed by atoms with Crippen LogP contribution >= 0.6 is 27.5 Å². The summed E-state index contributed by atoms with van der Waals surface area (Å²) in [7, 11) is 1.85. The first kappa shape index (κ1) is 14.1. The molecule has 0 radical (unpaired) electrons. The van der Waals surface area contributed by atoms with Crippen molar-refractivity contribution in [1.82, 2.24) is 15.1 Å². The van der Waals surface area contributed by atoms with Gasteiger partial charge in [-0.3, -0.25) is 9.48 Å². The number of nitrogens with one attached hydrogen (secondary N) is 1. The molecule has 0 fully saturated rings. The first-order valence-corrected chi connectivity index (χ1v) is 6.87. The standard InChI is InChI=1S/C13H13BrClN3O/c1-8-9(7-18(2)17-8)6-16-13(19)11-5-10(15)3-4-12(11)14/h3-5,7H,6H2,1-2H3,(H,16,19). The van der Waals surface area contributed by atoms with Gasteiger partial charge in [-0.15, -0.1) is 0 Å². The van der Waals surface area contributed by atoms with Gasteiger partial charge in [0.2, 0.25) is 0 Å². The Morgan fingerprint density at radius 3 is 2.89 bits per heavy atom. The third-order valence-corrected chi connectivity index (χ3v) is 3.65. The average molecular weight is 343 g/mol. The van der Waals surface area contributed by atoms with E-state index in [-0.39, 0.29) is 5.91 Å². The summed E-state index contributed by atoms with van der Waals surface area (Å²) in [5, 5.41) is 7.62. The second kappa shape index (κ2) is 5.75. The smallest absolute Gasteiger partial charge is 0.252 e. The Kier molecular flexibility index (Phi) is 4.27. The number of halogens is 2. The number of carbonyl (C=O) groups excluding carboxylic acids is 1. The first-order chi connectivity index (χ1) is 8.97. The lowest BCUT2D eigenvalue weighted by Gasteiger charge is -2.06. The Morgan fingerprint density at radius 1 is 1.53 bits per heavy atom. The fourth-order valence-electron chi connectivity index (χ4n) is 1.76. The highest BCUT2D eigenvalue weighted by molar-refractivity contribution is 9.10. The van der Waals surface area contributed by atoms with Crippen molar-refractivity contribution >= 4 is 33.4 Å². The number of rotatable bonds is 3. The van der Waals surface area contributed by atoms with Gasteiger partial charge in [0.25, 0.3) is 5.91 Å². The van der Waals surface area contributed by atoms with Crippen molar-refractivity contribution in [3.63, 3.8) is 0 Å². The number of amides is 1.